The van der Waals surface area contributed by atoms with Crippen LogP contribution in [0.15, 0.2) is 59.5 Å². The molecule has 2 N–H and O–H groups in total. The fraction of sp³-hybridized carbons (Fsp3) is 0.292. The van der Waals surface area contributed by atoms with Gasteiger partial charge in [-0.05, 0) is 55.2 Å². The van der Waals surface area contributed by atoms with Crippen LogP contribution < -0.4 is 0 Å². The summed E-state index contributed by atoms with van der Waals surface area (Å²) >= 11 is 0. The normalized spacial score (nSPS) is 18.5. The van der Waals surface area contributed by atoms with Crippen LogP contribution >= 0.6 is 0 Å². The highest BCUT2D eigenvalue weighted by Gasteiger charge is 2.24. The van der Waals surface area contributed by atoms with E-state index in [2.05, 4.69) is 49.4 Å². The maximum absolute atomic E-state index is 10.9. The summed E-state index contributed by atoms with van der Waals surface area (Å²) in [6.07, 6.45) is 9.18. The number of aliphatic carboxylic acids is 1. The Morgan fingerprint density at radius 2 is 1.81 bits per heavy atom. The molecule has 1 aromatic carbocycles. The van der Waals surface area contributed by atoms with Crippen molar-refractivity contribution in [2.45, 2.75) is 38.0 Å². The number of carboxylic acids is 1. The third kappa shape index (κ3) is 4.30. The summed E-state index contributed by atoms with van der Waals surface area (Å²) in [7, 11) is 0. The van der Waals surface area contributed by atoms with E-state index in [1.807, 2.05) is 12.1 Å². The summed E-state index contributed by atoms with van der Waals surface area (Å²) in [5.41, 5.74) is 4.09. The number of aromatic amines is 1. The molecule has 8 nitrogen and oxygen atoms in total. The second-order valence-electron chi connectivity index (χ2n) is 8.21. The molecule has 0 saturated heterocycles. The molecular weight excluding hydrogens is 406 g/mol. The molecule has 0 spiro atoms. The van der Waals surface area contributed by atoms with Gasteiger partial charge in [0, 0.05) is 23.7 Å². The number of nitrogens with one attached hydrogen (secondary N) is 1. The topological polar surface area (TPSA) is 118 Å². The van der Waals surface area contributed by atoms with Crippen molar-refractivity contribution in [1.82, 2.24) is 25.1 Å². The van der Waals surface area contributed by atoms with Gasteiger partial charge in [-0.25, -0.2) is 9.97 Å². The highest BCUT2D eigenvalue weighted by atomic mass is 16.4. The number of aromatic nitrogens is 5. The Morgan fingerprint density at radius 3 is 2.47 bits per heavy atom. The number of oxazole rings is 1. The first-order valence-electron chi connectivity index (χ1n) is 10.8. The summed E-state index contributed by atoms with van der Waals surface area (Å²) < 4.78 is 5.22. The number of carbonyl (C=O) groups is 1. The first-order valence-corrected chi connectivity index (χ1v) is 10.8. The summed E-state index contributed by atoms with van der Waals surface area (Å²) in [4.78, 5) is 24.0. The van der Waals surface area contributed by atoms with Gasteiger partial charge in [0.2, 0.25) is 5.82 Å². The molecule has 1 aliphatic carbocycles. The molecule has 162 valence electrons. The van der Waals surface area contributed by atoms with Gasteiger partial charge in [0.15, 0.2) is 5.82 Å². The van der Waals surface area contributed by atoms with Crippen molar-refractivity contribution in [1.29, 1.82) is 0 Å². The lowest BCUT2D eigenvalue weighted by molar-refractivity contribution is -0.138. The Hall–Kier alpha value is -3.81. The molecular formula is C24H23N5O3. The van der Waals surface area contributed by atoms with Crippen molar-refractivity contribution in [3.63, 3.8) is 0 Å². The molecule has 0 radical (unpaired) electrons. The maximum atomic E-state index is 10.9. The Bertz CT molecular complexity index is 1180. The van der Waals surface area contributed by atoms with Crippen LogP contribution in [-0.4, -0.2) is 36.2 Å². The monoisotopic (exact) mass is 429 g/mol. The predicted molar refractivity (Wildman–Crippen MR) is 117 cm³/mol. The molecule has 1 aliphatic rings. The van der Waals surface area contributed by atoms with E-state index in [-0.39, 0.29) is 0 Å². The van der Waals surface area contributed by atoms with Crippen LogP contribution in [0.3, 0.4) is 0 Å². The van der Waals surface area contributed by atoms with Crippen molar-refractivity contribution < 1.29 is 14.3 Å². The first kappa shape index (κ1) is 20.1. The van der Waals surface area contributed by atoms with E-state index in [9.17, 15) is 4.79 Å². The SMILES string of the molecule is O=C(O)C[C@H]1CC[C@H](c2ccc(-c3ccc(-c4nc(-c5ncco5)n[nH]4)cn3)cc2)CC1. The van der Waals surface area contributed by atoms with Crippen LogP contribution in [0.4, 0.5) is 0 Å². The van der Waals surface area contributed by atoms with Crippen molar-refractivity contribution in [3.8, 4) is 34.4 Å². The minimum atomic E-state index is -0.686. The Morgan fingerprint density at radius 1 is 1.03 bits per heavy atom. The molecule has 1 fully saturated rings. The van der Waals surface area contributed by atoms with Gasteiger partial charge < -0.3 is 9.52 Å². The largest absolute Gasteiger partial charge is 0.481 e. The molecule has 1 saturated carbocycles. The van der Waals surface area contributed by atoms with E-state index >= 15 is 0 Å². The molecule has 8 heteroatoms. The number of rotatable bonds is 6. The molecule has 0 bridgehead atoms. The smallest absolute Gasteiger partial charge is 0.303 e. The van der Waals surface area contributed by atoms with Crippen molar-refractivity contribution in [3.05, 3.63) is 60.6 Å². The minimum absolute atomic E-state index is 0.294. The van der Waals surface area contributed by atoms with Crippen LogP contribution in [0.5, 0.6) is 0 Å². The van der Waals surface area contributed by atoms with Gasteiger partial charge in [-0.3, -0.25) is 14.9 Å². The van der Waals surface area contributed by atoms with E-state index in [1.165, 1.54) is 11.8 Å². The van der Waals surface area contributed by atoms with Crippen LogP contribution in [0.2, 0.25) is 0 Å². The number of benzene rings is 1. The van der Waals surface area contributed by atoms with Crippen LogP contribution in [-0.2, 0) is 4.79 Å². The lowest BCUT2D eigenvalue weighted by atomic mass is 9.77. The van der Waals surface area contributed by atoms with Gasteiger partial charge in [0.05, 0.1) is 11.9 Å². The van der Waals surface area contributed by atoms with E-state index in [0.29, 0.717) is 35.8 Å². The number of hydrogen-bond donors (Lipinski definition) is 2. The lowest BCUT2D eigenvalue weighted by Crippen LogP contribution is -2.16. The predicted octanol–water partition coefficient (Wildman–Crippen LogP) is 4.94. The Kier molecular flexibility index (Phi) is 5.49. The van der Waals surface area contributed by atoms with E-state index in [4.69, 9.17) is 9.52 Å². The summed E-state index contributed by atoms with van der Waals surface area (Å²) in [5.74, 6) is 1.52. The van der Waals surface area contributed by atoms with Gasteiger partial charge >= 0.3 is 5.97 Å². The third-order valence-electron chi connectivity index (χ3n) is 6.13. The zero-order chi connectivity index (χ0) is 21.9. The fourth-order valence-electron chi connectivity index (χ4n) is 4.40. The van der Waals surface area contributed by atoms with Crippen LogP contribution in [0.25, 0.3) is 34.4 Å². The standard InChI is InChI=1S/C24H23N5O3/c30-21(31)13-15-1-3-16(4-2-15)17-5-7-18(8-6-17)20-10-9-19(14-26-20)22-27-23(29-28-22)24-25-11-12-32-24/h5-12,14-16H,1-4,13H2,(H,30,31)(H,27,28,29)/t15-,16-. The van der Waals surface area contributed by atoms with Crippen molar-refractivity contribution in [2.24, 2.45) is 5.92 Å². The second kappa shape index (κ2) is 8.74. The second-order valence-corrected chi connectivity index (χ2v) is 8.21. The van der Waals surface area contributed by atoms with E-state index in [0.717, 1.165) is 42.5 Å². The summed E-state index contributed by atoms with van der Waals surface area (Å²) in [6, 6.07) is 12.5. The van der Waals surface area contributed by atoms with Gasteiger partial charge in [-0.15, -0.1) is 5.10 Å². The highest BCUT2D eigenvalue weighted by molar-refractivity contribution is 5.67. The number of pyridine rings is 1. The van der Waals surface area contributed by atoms with Crippen LogP contribution in [0.1, 0.15) is 43.6 Å². The number of H-pyrrole nitrogens is 1. The van der Waals surface area contributed by atoms with Crippen molar-refractivity contribution >= 4 is 5.97 Å². The Balaban J connectivity index is 1.24. The number of nitrogens with zero attached hydrogens (tertiary/aromatic N) is 4. The number of hydrogen-bond acceptors (Lipinski definition) is 6. The lowest BCUT2D eigenvalue weighted by Gasteiger charge is -2.28. The van der Waals surface area contributed by atoms with Crippen molar-refractivity contribution in [2.75, 3.05) is 0 Å². The molecule has 0 amide bonds. The molecule has 3 aromatic heterocycles. The molecule has 0 aliphatic heterocycles. The Labute approximate surface area is 184 Å². The highest BCUT2D eigenvalue weighted by Crippen LogP contribution is 2.37. The average Bonchev–Trinajstić information content (AvgIpc) is 3.52. The van der Waals surface area contributed by atoms with Crippen LogP contribution in [0, 0.1) is 5.92 Å². The minimum Gasteiger partial charge on any atom is -0.481 e. The van der Waals surface area contributed by atoms with Gasteiger partial charge in [-0.1, -0.05) is 24.3 Å². The fourth-order valence-corrected chi connectivity index (χ4v) is 4.40. The summed E-state index contributed by atoms with van der Waals surface area (Å²) in [6.45, 7) is 0. The first-order chi connectivity index (χ1) is 15.7. The van der Waals surface area contributed by atoms with Gasteiger partial charge in [0.25, 0.3) is 5.89 Å². The third-order valence-corrected chi connectivity index (χ3v) is 6.13. The van der Waals surface area contributed by atoms with E-state index < -0.39 is 5.97 Å². The maximum Gasteiger partial charge on any atom is 0.303 e. The number of carboxylic acid groups (broad SMARTS) is 1. The molecule has 4 aromatic rings. The molecule has 0 atom stereocenters. The molecule has 3 heterocycles. The van der Waals surface area contributed by atoms with E-state index in [1.54, 1.807) is 12.4 Å². The quantitative estimate of drug-likeness (QED) is 0.446. The molecule has 5 rings (SSSR count). The zero-order valence-electron chi connectivity index (χ0n) is 17.4. The average molecular weight is 429 g/mol. The summed E-state index contributed by atoms with van der Waals surface area (Å²) in [5, 5.41) is 16.0. The zero-order valence-corrected chi connectivity index (χ0v) is 17.4. The molecule has 32 heavy (non-hydrogen) atoms. The molecule has 0 unspecified atom stereocenters. The van der Waals surface area contributed by atoms with Gasteiger partial charge in [-0.2, -0.15) is 0 Å². The van der Waals surface area contributed by atoms with Gasteiger partial charge in [0.1, 0.15) is 6.26 Å².